The van der Waals surface area contributed by atoms with Crippen molar-refractivity contribution in [2.75, 3.05) is 18.1 Å². The number of carbonyl (C=O) groups is 1. The van der Waals surface area contributed by atoms with Gasteiger partial charge in [0.05, 0.1) is 0 Å². The van der Waals surface area contributed by atoms with Crippen molar-refractivity contribution in [1.82, 2.24) is 0 Å². The predicted octanol–water partition coefficient (Wildman–Crippen LogP) is 1.72. The summed E-state index contributed by atoms with van der Waals surface area (Å²) in [6.45, 7) is 2.20. The lowest BCUT2D eigenvalue weighted by Crippen LogP contribution is -2.30. The molecule has 1 saturated heterocycles. The third-order valence-corrected chi connectivity index (χ3v) is 3.79. The van der Waals surface area contributed by atoms with Gasteiger partial charge in [0, 0.05) is 12.0 Å². The number of carbonyl (C=O) groups excluding carboxylic acids is 1. The third-order valence-electron chi connectivity index (χ3n) is 2.81. The molecular formula is C10H18O2S. The maximum absolute atomic E-state index is 11.0. The molecule has 1 aliphatic rings. The maximum atomic E-state index is 11.0. The average Bonchev–Trinajstić information content (AvgIpc) is 2.19. The Hall–Kier alpha value is -0.0200. The van der Waals surface area contributed by atoms with Crippen molar-refractivity contribution in [3.8, 4) is 0 Å². The summed E-state index contributed by atoms with van der Waals surface area (Å²) >= 11 is 1.93. The molecule has 1 heterocycles. The molecule has 1 unspecified atom stereocenters. The molecule has 1 fully saturated rings. The second kappa shape index (κ2) is 5.01. The van der Waals surface area contributed by atoms with Gasteiger partial charge in [-0.2, -0.15) is 11.8 Å². The van der Waals surface area contributed by atoms with Crippen molar-refractivity contribution in [2.24, 2.45) is 11.3 Å². The van der Waals surface area contributed by atoms with E-state index in [9.17, 15) is 4.79 Å². The van der Waals surface area contributed by atoms with Crippen LogP contribution < -0.4 is 0 Å². The molecule has 76 valence electrons. The molecular weight excluding hydrogens is 184 g/mol. The van der Waals surface area contributed by atoms with Crippen molar-refractivity contribution >= 4 is 18.0 Å². The maximum Gasteiger partial charge on any atom is 0.126 e. The van der Waals surface area contributed by atoms with Crippen LogP contribution in [-0.2, 0) is 4.79 Å². The van der Waals surface area contributed by atoms with E-state index in [0.29, 0.717) is 0 Å². The molecule has 1 rings (SSSR count). The van der Waals surface area contributed by atoms with Gasteiger partial charge in [0.15, 0.2) is 0 Å². The molecule has 0 aliphatic carbocycles. The summed E-state index contributed by atoms with van der Waals surface area (Å²) in [6, 6.07) is 0. The van der Waals surface area contributed by atoms with Gasteiger partial charge in [0.2, 0.25) is 0 Å². The summed E-state index contributed by atoms with van der Waals surface area (Å²) < 4.78 is 0. The Labute approximate surface area is 84.1 Å². The Balaban J connectivity index is 2.52. The standard InChI is InChI=1S/C10H18O2S/c1-9(7-11)6-10(8-12)2-4-13-5-3-10/h8-9,11H,2-7H2,1H3. The van der Waals surface area contributed by atoms with Gasteiger partial charge in [0.1, 0.15) is 6.29 Å². The zero-order chi connectivity index (χ0) is 9.73. The highest BCUT2D eigenvalue weighted by atomic mass is 32.2. The Morgan fingerprint density at radius 3 is 2.62 bits per heavy atom. The van der Waals surface area contributed by atoms with E-state index >= 15 is 0 Å². The van der Waals surface area contributed by atoms with Gasteiger partial charge >= 0.3 is 0 Å². The molecule has 0 aromatic carbocycles. The molecule has 1 aliphatic heterocycles. The number of thioether (sulfide) groups is 1. The van der Waals surface area contributed by atoms with Crippen LogP contribution in [-0.4, -0.2) is 29.5 Å². The Kier molecular flexibility index (Phi) is 4.26. The van der Waals surface area contributed by atoms with E-state index in [2.05, 4.69) is 0 Å². The van der Waals surface area contributed by atoms with Crippen LogP contribution in [0.4, 0.5) is 0 Å². The fourth-order valence-corrected chi connectivity index (χ4v) is 3.21. The first-order chi connectivity index (χ1) is 6.22. The molecule has 0 aromatic heterocycles. The minimum absolute atomic E-state index is 0.118. The second-order valence-electron chi connectivity index (χ2n) is 4.08. The van der Waals surface area contributed by atoms with Gasteiger partial charge in [-0.25, -0.2) is 0 Å². The Morgan fingerprint density at radius 2 is 2.15 bits per heavy atom. The number of hydrogen-bond acceptors (Lipinski definition) is 3. The Morgan fingerprint density at radius 1 is 1.54 bits per heavy atom. The number of hydrogen-bond donors (Lipinski definition) is 1. The third kappa shape index (κ3) is 2.99. The van der Waals surface area contributed by atoms with E-state index < -0.39 is 0 Å². The predicted molar refractivity (Wildman–Crippen MR) is 55.9 cm³/mol. The number of aldehydes is 1. The monoisotopic (exact) mass is 202 g/mol. The van der Waals surface area contributed by atoms with E-state index in [1.54, 1.807) is 0 Å². The van der Waals surface area contributed by atoms with Gasteiger partial charge < -0.3 is 9.90 Å². The van der Waals surface area contributed by atoms with Crippen molar-refractivity contribution in [3.63, 3.8) is 0 Å². The summed E-state index contributed by atoms with van der Waals surface area (Å²) in [5, 5.41) is 8.95. The fourth-order valence-electron chi connectivity index (χ4n) is 1.91. The van der Waals surface area contributed by atoms with Crippen LogP contribution in [0.15, 0.2) is 0 Å². The lowest BCUT2D eigenvalue weighted by molar-refractivity contribution is -0.117. The largest absolute Gasteiger partial charge is 0.396 e. The van der Waals surface area contributed by atoms with Crippen LogP contribution in [0.3, 0.4) is 0 Å². The van der Waals surface area contributed by atoms with E-state index in [-0.39, 0.29) is 17.9 Å². The van der Waals surface area contributed by atoms with Crippen molar-refractivity contribution in [2.45, 2.75) is 26.2 Å². The summed E-state index contributed by atoms with van der Waals surface area (Å²) in [7, 11) is 0. The average molecular weight is 202 g/mol. The number of aliphatic hydroxyl groups is 1. The summed E-state index contributed by atoms with van der Waals surface area (Å²) in [4.78, 5) is 11.0. The molecule has 2 nitrogen and oxygen atoms in total. The first kappa shape index (κ1) is 11.1. The summed E-state index contributed by atoms with van der Waals surface area (Å²) in [5.74, 6) is 2.45. The topological polar surface area (TPSA) is 37.3 Å². The molecule has 1 N–H and O–H groups in total. The van der Waals surface area contributed by atoms with E-state index in [1.807, 2.05) is 18.7 Å². The normalized spacial score (nSPS) is 23.8. The van der Waals surface area contributed by atoms with Gasteiger partial charge in [-0.15, -0.1) is 0 Å². The van der Waals surface area contributed by atoms with Crippen molar-refractivity contribution in [1.29, 1.82) is 0 Å². The zero-order valence-corrected chi connectivity index (χ0v) is 8.98. The molecule has 0 aromatic rings. The van der Waals surface area contributed by atoms with Gasteiger partial charge in [0.25, 0.3) is 0 Å². The minimum atomic E-state index is -0.118. The lowest BCUT2D eigenvalue weighted by Gasteiger charge is -2.33. The smallest absolute Gasteiger partial charge is 0.126 e. The van der Waals surface area contributed by atoms with E-state index in [1.165, 1.54) is 0 Å². The fraction of sp³-hybridized carbons (Fsp3) is 0.900. The van der Waals surface area contributed by atoms with Crippen LogP contribution in [0.5, 0.6) is 0 Å². The molecule has 0 saturated carbocycles. The summed E-state index contributed by atoms with van der Waals surface area (Å²) in [5.41, 5.74) is -0.118. The lowest BCUT2D eigenvalue weighted by atomic mass is 9.76. The first-order valence-electron chi connectivity index (χ1n) is 4.87. The van der Waals surface area contributed by atoms with Crippen LogP contribution in [0.25, 0.3) is 0 Å². The zero-order valence-electron chi connectivity index (χ0n) is 8.16. The molecule has 0 spiro atoms. The van der Waals surface area contributed by atoms with Crippen molar-refractivity contribution < 1.29 is 9.90 Å². The molecule has 13 heavy (non-hydrogen) atoms. The first-order valence-corrected chi connectivity index (χ1v) is 6.03. The number of aliphatic hydroxyl groups excluding tert-OH is 1. The highest BCUT2D eigenvalue weighted by molar-refractivity contribution is 7.99. The highest BCUT2D eigenvalue weighted by Gasteiger charge is 2.33. The Bertz CT molecular complexity index is 164. The minimum Gasteiger partial charge on any atom is -0.396 e. The van der Waals surface area contributed by atoms with Crippen LogP contribution >= 0.6 is 11.8 Å². The SMILES string of the molecule is CC(CO)CC1(C=O)CCSCC1. The molecule has 1 atom stereocenters. The second-order valence-corrected chi connectivity index (χ2v) is 5.31. The van der Waals surface area contributed by atoms with Gasteiger partial charge in [-0.3, -0.25) is 0 Å². The van der Waals surface area contributed by atoms with Crippen molar-refractivity contribution in [3.05, 3.63) is 0 Å². The van der Waals surface area contributed by atoms with E-state index in [0.717, 1.165) is 37.1 Å². The molecule has 0 amide bonds. The summed E-state index contributed by atoms with van der Waals surface area (Å²) in [6.07, 6.45) is 3.96. The van der Waals surface area contributed by atoms with Crippen LogP contribution in [0, 0.1) is 11.3 Å². The van der Waals surface area contributed by atoms with Gasteiger partial charge in [-0.1, -0.05) is 6.92 Å². The molecule has 3 heteroatoms. The van der Waals surface area contributed by atoms with Crippen LogP contribution in [0.2, 0.25) is 0 Å². The quantitative estimate of drug-likeness (QED) is 0.705. The highest BCUT2D eigenvalue weighted by Crippen LogP contribution is 2.38. The van der Waals surface area contributed by atoms with Gasteiger partial charge in [-0.05, 0) is 36.7 Å². The molecule has 0 radical (unpaired) electrons. The van der Waals surface area contributed by atoms with Crippen LogP contribution in [0.1, 0.15) is 26.2 Å². The molecule has 0 bridgehead atoms. The van der Waals surface area contributed by atoms with E-state index in [4.69, 9.17) is 5.11 Å². The number of rotatable bonds is 4.